The van der Waals surface area contributed by atoms with Crippen LogP contribution in [-0.4, -0.2) is 16.2 Å². The fourth-order valence-corrected chi connectivity index (χ4v) is 4.69. The fourth-order valence-electron chi connectivity index (χ4n) is 4.69. The molecule has 1 amide bonds. The summed E-state index contributed by atoms with van der Waals surface area (Å²) in [5, 5.41) is 24.4. The molecule has 0 spiro atoms. The van der Waals surface area contributed by atoms with Gasteiger partial charge in [0, 0.05) is 27.8 Å². The highest BCUT2D eigenvalue weighted by atomic mass is 16.5. The minimum absolute atomic E-state index is 0.0698. The number of furan rings is 1. The second-order valence-corrected chi connectivity index (χ2v) is 9.81. The Bertz CT molecular complexity index is 1640. The molecule has 2 heterocycles. The number of pyridine rings is 1. The van der Waals surface area contributed by atoms with Crippen molar-refractivity contribution in [2.75, 3.05) is 0 Å². The summed E-state index contributed by atoms with van der Waals surface area (Å²) in [6, 6.07) is 24.2. The van der Waals surface area contributed by atoms with Crippen molar-refractivity contribution in [1.29, 1.82) is 0 Å². The van der Waals surface area contributed by atoms with Gasteiger partial charge < -0.3 is 14.8 Å². The van der Waals surface area contributed by atoms with Gasteiger partial charge in [-0.2, -0.15) is 0 Å². The summed E-state index contributed by atoms with van der Waals surface area (Å²) in [6.45, 7) is 5.59. The normalized spacial score (nSPS) is 14.9. The number of nitrogens with zero attached hydrogens (tertiary/aromatic N) is 1. The van der Waals surface area contributed by atoms with Crippen LogP contribution < -0.4 is 10.0 Å². The van der Waals surface area contributed by atoms with Crippen molar-refractivity contribution >= 4 is 16.9 Å². The van der Waals surface area contributed by atoms with Crippen LogP contribution in [0.25, 0.3) is 11.0 Å². The zero-order chi connectivity index (χ0) is 27.8. The third-order valence-electron chi connectivity index (χ3n) is 6.78. The first-order chi connectivity index (χ1) is 18.6. The number of fused-ring (bicyclic) bond motifs is 1. The van der Waals surface area contributed by atoms with Gasteiger partial charge in [0.15, 0.2) is 0 Å². The maximum absolute atomic E-state index is 13.3. The van der Waals surface area contributed by atoms with Crippen LogP contribution in [0.3, 0.4) is 0 Å². The summed E-state index contributed by atoms with van der Waals surface area (Å²) in [4.78, 5) is 13.3. The van der Waals surface area contributed by atoms with E-state index in [1.165, 1.54) is 12.4 Å². The molecule has 5 rings (SSSR count). The van der Waals surface area contributed by atoms with E-state index in [4.69, 9.17) is 4.42 Å². The summed E-state index contributed by atoms with van der Waals surface area (Å²) in [5.74, 6) is 0.0596. The minimum Gasteiger partial charge on any atom is -0.458 e. The molecule has 6 nitrogen and oxygen atoms in total. The third kappa shape index (κ3) is 5.17. The van der Waals surface area contributed by atoms with Gasteiger partial charge in [-0.25, -0.2) is 0 Å². The number of aromatic nitrogens is 1. The summed E-state index contributed by atoms with van der Waals surface area (Å²) in [7, 11) is 0. The first-order valence-corrected chi connectivity index (χ1v) is 12.5. The molecule has 5 aromatic rings. The van der Waals surface area contributed by atoms with E-state index in [-0.39, 0.29) is 12.3 Å². The number of carbonyl (C=O) groups excluding carboxylic acids is 1. The molecule has 3 aromatic carbocycles. The first kappa shape index (κ1) is 23.9. The first-order valence-electron chi connectivity index (χ1n) is 13.0. The van der Waals surface area contributed by atoms with Gasteiger partial charge in [0.05, 0.1) is 13.8 Å². The van der Waals surface area contributed by atoms with Crippen LogP contribution in [0, 0.1) is 13.8 Å². The SMILES string of the molecule is [2H]C(NC(=O)Cc1ccc2oc(C(C)(O)c3cc[n+](O)cc3)cc2c1)(c1ccccc1)c1ccc(C)cc1C. The van der Waals surface area contributed by atoms with Crippen molar-refractivity contribution in [1.82, 2.24) is 5.32 Å². The van der Waals surface area contributed by atoms with Crippen LogP contribution in [0.4, 0.5) is 0 Å². The Balaban J connectivity index is 1.41. The smallest absolute Gasteiger partial charge is 0.225 e. The van der Waals surface area contributed by atoms with Gasteiger partial charge in [0.25, 0.3) is 0 Å². The average molecular weight is 509 g/mol. The van der Waals surface area contributed by atoms with Crippen LogP contribution in [0.5, 0.6) is 0 Å². The van der Waals surface area contributed by atoms with Crippen LogP contribution in [0.1, 0.15) is 53.5 Å². The maximum Gasteiger partial charge on any atom is 0.225 e. The summed E-state index contributed by atoms with van der Waals surface area (Å²) in [6.07, 6.45) is 2.94. The van der Waals surface area contributed by atoms with Crippen molar-refractivity contribution in [3.05, 3.63) is 136 Å². The molecule has 6 heteroatoms. The molecule has 0 aliphatic heterocycles. The summed E-state index contributed by atoms with van der Waals surface area (Å²) in [5.41, 5.74) is 3.89. The van der Waals surface area contributed by atoms with Crippen LogP contribution in [0.2, 0.25) is 0 Å². The molecule has 192 valence electrons. The fraction of sp³-hybridized carbons (Fsp3) is 0.188. The minimum atomic E-state index is -1.45. The Labute approximate surface area is 223 Å². The van der Waals surface area contributed by atoms with E-state index in [9.17, 15) is 16.5 Å². The molecule has 0 radical (unpaired) electrons. The van der Waals surface area contributed by atoms with Gasteiger partial charge in [-0.15, -0.1) is 0 Å². The third-order valence-corrected chi connectivity index (χ3v) is 6.78. The molecule has 3 N–H and O–H groups in total. The zero-order valence-corrected chi connectivity index (χ0v) is 21.6. The van der Waals surface area contributed by atoms with E-state index in [1.54, 1.807) is 31.2 Å². The van der Waals surface area contributed by atoms with Crippen LogP contribution in [-0.2, 0) is 16.8 Å². The monoisotopic (exact) mass is 508 g/mol. The average Bonchev–Trinajstić information content (AvgIpc) is 3.34. The number of hydrogen-bond donors (Lipinski definition) is 3. The number of amides is 1. The molecule has 0 saturated carbocycles. The van der Waals surface area contributed by atoms with Crippen LogP contribution in [0.15, 0.2) is 102 Å². The van der Waals surface area contributed by atoms with E-state index < -0.39 is 11.6 Å². The van der Waals surface area contributed by atoms with Gasteiger partial charge in [0.1, 0.15) is 16.9 Å². The number of aliphatic hydroxyl groups is 1. The van der Waals surface area contributed by atoms with E-state index >= 15 is 0 Å². The molecule has 2 atom stereocenters. The van der Waals surface area contributed by atoms with Crippen molar-refractivity contribution in [2.24, 2.45) is 0 Å². The molecule has 0 aliphatic carbocycles. The van der Waals surface area contributed by atoms with Crippen molar-refractivity contribution in [3.8, 4) is 0 Å². The molecular weight excluding hydrogens is 476 g/mol. The van der Waals surface area contributed by atoms with Gasteiger partial charge in [-0.05, 0) is 61.2 Å². The highest BCUT2D eigenvalue weighted by Crippen LogP contribution is 2.33. The lowest BCUT2D eigenvalue weighted by Crippen LogP contribution is -2.31. The lowest BCUT2D eigenvalue weighted by atomic mass is 9.93. The quantitative estimate of drug-likeness (QED) is 0.206. The number of aryl methyl sites for hydroxylation is 2. The van der Waals surface area contributed by atoms with E-state index in [0.717, 1.165) is 32.4 Å². The van der Waals surface area contributed by atoms with Crippen molar-refractivity contribution in [2.45, 2.75) is 38.8 Å². The Morgan fingerprint density at radius 2 is 1.76 bits per heavy atom. The summed E-state index contributed by atoms with van der Waals surface area (Å²) < 4.78 is 16.3. The topological polar surface area (TPSA) is 86.6 Å². The lowest BCUT2D eigenvalue weighted by Gasteiger charge is -2.22. The zero-order valence-electron chi connectivity index (χ0n) is 22.6. The number of benzene rings is 3. The lowest BCUT2D eigenvalue weighted by molar-refractivity contribution is -0.904. The molecule has 2 aromatic heterocycles. The molecular formula is C32H31N2O4+. The molecule has 0 saturated heterocycles. The number of hydrogen-bond acceptors (Lipinski definition) is 4. The molecule has 0 bridgehead atoms. The van der Waals surface area contributed by atoms with Crippen molar-refractivity contribution < 1.29 is 25.6 Å². The molecule has 38 heavy (non-hydrogen) atoms. The number of carbonyl (C=O) groups is 1. The molecule has 0 fully saturated rings. The Hall–Kier alpha value is -4.42. The second kappa shape index (κ2) is 10.1. The van der Waals surface area contributed by atoms with Crippen LogP contribution >= 0.6 is 0 Å². The molecule has 2 unspecified atom stereocenters. The van der Waals surface area contributed by atoms with Gasteiger partial charge in [-0.3, -0.25) is 10.0 Å². The number of rotatable bonds is 7. The van der Waals surface area contributed by atoms with Gasteiger partial charge >= 0.3 is 0 Å². The van der Waals surface area contributed by atoms with Gasteiger partial charge in [-0.1, -0.05) is 60.2 Å². The largest absolute Gasteiger partial charge is 0.458 e. The van der Waals surface area contributed by atoms with Gasteiger partial charge in [0.2, 0.25) is 18.3 Å². The van der Waals surface area contributed by atoms with E-state index in [1.807, 2.05) is 74.5 Å². The molecule has 0 aliphatic rings. The van der Waals surface area contributed by atoms with Crippen molar-refractivity contribution in [3.63, 3.8) is 0 Å². The van der Waals surface area contributed by atoms with E-state index in [0.29, 0.717) is 22.5 Å². The maximum atomic E-state index is 13.3. The predicted molar refractivity (Wildman–Crippen MR) is 145 cm³/mol. The Kier molecular flexibility index (Phi) is 6.40. The second-order valence-electron chi connectivity index (χ2n) is 9.81. The number of nitrogens with one attached hydrogen (secondary N) is 1. The Morgan fingerprint density at radius 1 is 1.03 bits per heavy atom. The highest BCUT2D eigenvalue weighted by Gasteiger charge is 2.31. The summed E-state index contributed by atoms with van der Waals surface area (Å²) >= 11 is 0. The predicted octanol–water partition coefficient (Wildman–Crippen LogP) is 5.28. The Morgan fingerprint density at radius 3 is 2.47 bits per heavy atom. The standard InChI is InChI=1S/C32H30N2O4/c1-21-9-11-27(22(2)17-21)31(24-7-5-4-6-8-24)33-30(35)19-23-10-12-28-25(18-23)20-29(38-28)32(3,36)26-13-15-34(37)16-14-26/h4-18,20,31,36H,19H2,1-3H3,(H-,33,35,37)/p+1/i31D. The van der Waals surface area contributed by atoms with E-state index in [2.05, 4.69) is 5.32 Å². The highest BCUT2D eigenvalue weighted by molar-refractivity contribution is 5.83.